The first-order valence-corrected chi connectivity index (χ1v) is 12.0. The molecule has 0 fully saturated rings. The average Bonchev–Trinajstić information content (AvgIpc) is 3.17. The Hall–Kier alpha value is -3.27. The molecule has 1 aliphatic rings. The molecule has 185 valence electrons. The molecular formula is C31H28IrNO3-. The third kappa shape index (κ3) is 5.13. The Labute approximate surface area is 224 Å². The first kappa shape index (κ1) is 25.8. The predicted octanol–water partition coefficient (Wildman–Crippen LogP) is 7.82. The SMILES string of the molecule is CC(=O)/C=C(/C)O.Cc1ccc[c-]c1-c1nccc2cc3oc4cc5c(cc4c3cc12)CCCC5.[Ir]. The molecule has 0 spiro atoms. The molecule has 1 radical (unpaired) electrons. The maximum absolute atomic E-state index is 10.0. The van der Waals surface area contributed by atoms with Crippen LogP contribution in [0.15, 0.2) is 71.0 Å². The van der Waals surface area contributed by atoms with Crippen LogP contribution in [0.2, 0.25) is 0 Å². The molecule has 0 atom stereocenters. The number of hydrogen-bond acceptors (Lipinski definition) is 4. The van der Waals surface area contributed by atoms with Crippen LogP contribution in [-0.4, -0.2) is 15.9 Å². The number of carbonyl (C=O) groups is 1. The van der Waals surface area contributed by atoms with Gasteiger partial charge in [-0.05, 0) is 97.5 Å². The van der Waals surface area contributed by atoms with Crippen molar-refractivity contribution in [1.29, 1.82) is 0 Å². The Morgan fingerprint density at radius 3 is 2.36 bits per heavy atom. The van der Waals surface area contributed by atoms with E-state index in [0.29, 0.717) is 0 Å². The normalized spacial score (nSPS) is 13.1. The van der Waals surface area contributed by atoms with Crippen LogP contribution >= 0.6 is 0 Å². The van der Waals surface area contributed by atoms with Gasteiger partial charge in [-0.3, -0.25) is 4.79 Å². The van der Waals surface area contributed by atoms with Crippen LogP contribution in [0.25, 0.3) is 44.0 Å². The smallest absolute Gasteiger partial charge is 0.155 e. The van der Waals surface area contributed by atoms with Gasteiger partial charge in [-0.25, -0.2) is 0 Å². The number of carbonyl (C=O) groups excluding carboxylic acids is 1. The number of furan rings is 1. The molecule has 5 aromatic rings. The van der Waals surface area contributed by atoms with Crippen LogP contribution in [0.4, 0.5) is 0 Å². The molecule has 2 heterocycles. The van der Waals surface area contributed by atoms with Gasteiger partial charge in [-0.15, -0.1) is 35.4 Å². The molecule has 0 saturated carbocycles. The number of rotatable bonds is 2. The molecule has 4 nitrogen and oxygen atoms in total. The number of allylic oxidation sites excluding steroid dienone is 2. The number of benzene rings is 3. The van der Waals surface area contributed by atoms with E-state index < -0.39 is 0 Å². The maximum atomic E-state index is 10.0. The molecule has 0 aliphatic heterocycles. The van der Waals surface area contributed by atoms with Crippen molar-refractivity contribution in [3.63, 3.8) is 0 Å². The molecule has 1 N–H and O–H groups in total. The van der Waals surface area contributed by atoms with Gasteiger partial charge >= 0.3 is 0 Å². The number of fused-ring (bicyclic) bond motifs is 5. The minimum absolute atomic E-state index is 0. The van der Waals surface area contributed by atoms with Gasteiger partial charge in [0.25, 0.3) is 0 Å². The van der Waals surface area contributed by atoms with E-state index in [0.717, 1.165) is 33.2 Å². The first-order chi connectivity index (χ1) is 16.9. The van der Waals surface area contributed by atoms with Crippen LogP contribution in [0.5, 0.6) is 0 Å². The molecular weight excluding hydrogens is 627 g/mol. The Morgan fingerprint density at radius 1 is 1.00 bits per heavy atom. The Balaban J connectivity index is 0.000000338. The van der Waals surface area contributed by atoms with Crippen LogP contribution in [0.1, 0.15) is 43.4 Å². The van der Waals surface area contributed by atoms with Crippen molar-refractivity contribution >= 4 is 38.5 Å². The van der Waals surface area contributed by atoms with Gasteiger partial charge < -0.3 is 14.5 Å². The van der Waals surface area contributed by atoms with Crippen molar-refractivity contribution in [3.8, 4) is 11.3 Å². The Bertz CT molecular complexity index is 1610. The van der Waals surface area contributed by atoms with Gasteiger partial charge in [0, 0.05) is 43.2 Å². The van der Waals surface area contributed by atoms with Crippen molar-refractivity contribution < 1.29 is 34.4 Å². The molecule has 1 aliphatic carbocycles. The van der Waals surface area contributed by atoms with Crippen molar-refractivity contribution in [3.05, 3.63) is 89.3 Å². The van der Waals surface area contributed by atoms with Gasteiger partial charge in [0.2, 0.25) is 0 Å². The van der Waals surface area contributed by atoms with Crippen LogP contribution in [0.3, 0.4) is 0 Å². The third-order valence-corrected chi connectivity index (χ3v) is 6.53. The Kier molecular flexibility index (Phi) is 7.73. The fraction of sp³-hybridized carbons (Fsp3) is 0.226. The number of aliphatic hydroxyl groups excluding tert-OH is 1. The summed E-state index contributed by atoms with van der Waals surface area (Å²) in [6.07, 6.45) is 7.96. The zero-order valence-corrected chi connectivity index (χ0v) is 23.0. The molecule has 0 bridgehead atoms. The van der Waals surface area contributed by atoms with E-state index in [9.17, 15) is 4.79 Å². The third-order valence-electron chi connectivity index (χ3n) is 6.53. The second-order valence-corrected chi connectivity index (χ2v) is 9.28. The minimum atomic E-state index is -0.125. The van der Waals surface area contributed by atoms with E-state index in [1.165, 1.54) is 73.1 Å². The van der Waals surface area contributed by atoms with Crippen molar-refractivity contribution in [2.24, 2.45) is 0 Å². The quantitative estimate of drug-likeness (QED) is 0.120. The molecule has 5 heteroatoms. The topological polar surface area (TPSA) is 63.3 Å². The van der Waals surface area contributed by atoms with Crippen LogP contribution in [0, 0.1) is 13.0 Å². The number of aryl methyl sites for hydroxylation is 3. The molecule has 3 aromatic carbocycles. The van der Waals surface area contributed by atoms with Gasteiger partial charge in [-0.1, -0.05) is 6.92 Å². The molecule has 0 amide bonds. The van der Waals surface area contributed by atoms with Crippen molar-refractivity contribution in [2.45, 2.75) is 46.5 Å². The number of hydrogen-bond donors (Lipinski definition) is 1. The number of nitrogens with zero attached hydrogens (tertiary/aromatic N) is 1. The summed E-state index contributed by atoms with van der Waals surface area (Å²) < 4.78 is 6.27. The van der Waals surface area contributed by atoms with E-state index in [1.807, 2.05) is 18.3 Å². The summed E-state index contributed by atoms with van der Waals surface area (Å²) in [4.78, 5) is 14.7. The zero-order chi connectivity index (χ0) is 24.5. The first-order valence-electron chi connectivity index (χ1n) is 12.0. The van der Waals surface area contributed by atoms with Gasteiger partial charge in [0.05, 0.1) is 5.76 Å². The van der Waals surface area contributed by atoms with Gasteiger partial charge in [0.15, 0.2) is 5.78 Å². The van der Waals surface area contributed by atoms with E-state index in [2.05, 4.69) is 49.4 Å². The fourth-order valence-corrected chi connectivity index (χ4v) is 4.94. The zero-order valence-electron chi connectivity index (χ0n) is 20.6. The number of ketones is 1. The predicted molar refractivity (Wildman–Crippen MR) is 142 cm³/mol. The van der Waals surface area contributed by atoms with Crippen molar-refractivity contribution in [1.82, 2.24) is 4.98 Å². The van der Waals surface area contributed by atoms with E-state index in [-0.39, 0.29) is 31.6 Å². The summed E-state index contributed by atoms with van der Waals surface area (Å²) in [5.41, 5.74) is 8.15. The van der Waals surface area contributed by atoms with Gasteiger partial charge in [0.1, 0.15) is 11.2 Å². The number of pyridine rings is 1. The molecule has 2 aromatic heterocycles. The molecule has 6 rings (SSSR count). The largest absolute Gasteiger partial charge is 0.512 e. The van der Waals surface area contributed by atoms with Crippen LogP contribution in [-0.2, 0) is 37.7 Å². The molecule has 36 heavy (non-hydrogen) atoms. The average molecular weight is 655 g/mol. The second kappa shape index (κ2) is 10.8. The standard InChI is InChI=1S/C26H20NO.C5H8O2.Ir/c1-16-6-2-5-9-20(16)26-21-15-23-22-12-17-7-3-4-8-18(17)13-24(22)28-25(23)14-19(21)10-11-27-26;1-4(6)3-5(2)7;/h2,5-6,10-15H,3-4,7-8H2,1H3;3,6H,1-2H3;/q-1;;/b;4-3-;. The summed E-state index contributed by atoms with van der Waals surface area (Å²) in [5, 5.41) is 13.1. The van der Waals surface area contributed by atoms with E-state index in [4.69, 9.17) is 14.5 Å². The molecule has 0 unspecified atom stereocenters. The number of aromatic nitrogens is 1. The fourth-order valence-electron chi connectivity index (χ4n) is 4.94. The van der Waals surface area contributed by atoms with E-state index >= 15 is 0 Å². The summed E-state index contributed by atoms with van der Waals surface area (Å²) in [7, 11) is 0. The number of aliphatic hydroxyl groups is 1. The summed E-state index contributed by atoms with van der Waals surface area (Å²) in [6, 6.07) is 20.6. The van der Waals surface area contributed by atoms with Gasteiger partial charge in [-0.2, -0.15) is 0 Å². The Morgan fingerprint density at radius 2 is 1.69 bits per heavy atom. The second-order valence-electron chi connectivity index (χ2n) is 9.28. The monoisotopic (exact) mass is 655 g/mol. The maximum Gasteiger partial charge on any atom is 0.155 e. The van der Waals surface area contributed by atoms with Crippen molar-refractivity contribution in [2.75, 3.05) is 0 Å². The summed E-state index contributed by atoms with van der Waals surface area (Å²) in [5.74, 6) is -0.0625. The minimum Gasteiger partial charge on any atom is -0.512 e. The van der Waals surface area contributed by atoms with Crippen LogP contribution < -0.4 is 0 Å². The van der Waals surface area contributed by atoms with E-state index in [1.54, 1.807) is 0 Å². The summed E-state index contributed by atoms with van der Waals surface area (Å²) >= 11 is 0. The molecule has 0 saturated heterocycles. The summed E-state index contributed by atoms with van der Waals surface area (Å²) in [6.45, 7) is 4.96.